The van der Waals surface area contributed by atoms with E-state index < -0.39 is 0 Å². The van der Waals surface area contributed by atoms with E-state index in [9.17, 15) is 0 Å². The summed E-state index contributed by atoms with van der Waals surface area (Å²) in [4.78, 5) is 0.656. The van der Waals surface area contributed by atoms with Gasteiger partial charge in [0.2, 0.25) is 0 Å². The van der Waals surface area contributed by atoms with Crippen molar-refractivity contribution in [2.24, 2.45) is 0 Å². The summed E-state index contributed by atoms with van der Waals surface area (Å²) in [5, 5.41) is 9.36. The minimum Gasteiger partial charge on any atom is -0.345 e. The zero-order valence-corrected chi connectivity index (χ0v) is 21.0. The van der Waals surface area contributed by atoms with Crippen molar-refractivity contribution in [3.8, 4) is 22.5 Å². The Morgan fingerprint density at radius 1 is 0.914 bits per heavy atom. The third-order valence-electron chi connectivity index (χ3n) is 6.67. The number of aryl methyl sites for hydroxylation is 3. The van der Waals surface area contributed by atoms with Crippen LogP contribution in [-0.4, -0.2) is 19.2 Å². The highest BCUT2D eigenvalue weighted by Gasteiger charge is 2.29. The normalized spacial score (nSPS) is 13.1. The number of nitrogens with zero attached hydrogens (tertiary/aromatic N) is 3. The van der Waals surface area contributed by atoms with E-state index >= 15 is 0 Å². The molecule has 6 rings (SSSR count). The lowest BCUT2D eigenvalue weighted by atomic mass is 9.98. The maximum Gasteiger partial charge on any atom is 0.162 e. The first-order chi connectivity index (χ1) is 17.1. The number of hydrogen-bond acceptors (Lipinski definition) is 2. The van der Waals surface area contributed by atoms with Gasteiger partial charge in [0.25, 0.3) is 0 Å². The number of anilines is 1. The topological polar surface area (TPSA) is 34.3 Å². The lowest BCUT2D eigenvalue weighted by Crippen LogP contribution is -2.14. The van der Waals surface area contributed by atoms with Crippen molar-refractivity contribution in [2.45, 2.75) is 32.7 Å². The highest BCUT2D eigenvalue weighted by atomic mass is 35.5. The smallest absolute Gasteiger partial charge is 0.162 e. The van der Waals surface area contributed by atoms with Crippen LogP contribution in [0.2, 0.25) is 5.02 Å². The number of nitrogens with one attached hydrogen (secondary N) is 1. The molecule has 3 aromatic carbocycles. The molecular weight excluding hydrogens is 472 g/mol. The number of aromatic nitrogens is 3. The molecule has 1 aliphatic rings. The molecule has 1 aliphatic heterocycles. The highest BCUT2D eigenvalue weighted by Crippen LogP contribution is 2.39. The van der Waals surface area contributed by atoms with Gasteiger partial charge in [-0.3, -0.25) is 0 Å². The lowest BCUT2D eigenvalue weighted by molar-refractivity contribution is 0.645. The molecule has 0 unspecified atom stereocenters. The van der Waals surface area contributed by atoms with Crippen LogP contribution in [0.1, 0.15) is 29.7 Å². The van der Waals surface area contributed by atoms with E-state index in [-0.39, 0.29) is 0 Å². The first-order valence-corrected chi connectivity index (χ1v) is 12.7. The van der Waals surface area contributed by atoms with E-state index in [1.54, 1.807) is 0 Å². The SMILES string of the molecule is Cc1ccc(-c2nn3c(C(=S)Nc4ccccc4)c(-c4ccc(Cl)cc4)c4c3n2CCCC4)cc1. The van der Waals surface area contributed by atoms with Crippen LogP contribution in [0.25, 0.3) is 28.2 Å². The van der Waals surface area contributed by atoms with Gasteiger partial charge >= 0.3 is 0 Å². The van der Waals surface area contributed by atoms with Gasteiger partial charge < -0.3 is 9.88 Å². The molecule has 0 saturated carbocycles. The summed E-state index contributed by atoms with van der Waals surface area (Å²) in [6.45, 7) is 3.04. The molecule has 0 radical (unpaired) electrons. The van der Waals surface area contributed by atoms with Crippen LogP contribution in [0, 0.1) is 6.92 Å². The van der Waals surface area contributed by atoms with Gasteiger partial charge in [-0.1, -0.05) is 84.0 Å². The minimum absolute atomic E-state index is 0.656. The molecule has 0 spiro atoms. The van der Waals surface area contributed by atoms with Crippen molar-refractivity contribution >= 4 is 40.1 Å². The summed E-state index contributed by atoms with van der Waals surface area (Å²) < 4.78 is 4.44. The van der Waals surface area contributed by atoms with Crippen LogP contribution < -0.4 is 5.32 Å². The molecule has 5 aromatic rings. The molecule has 0 atom stereocenters. The second-order valence-electron chi connectivity index (χ2n) is 9.06. The second kappa shape index (κ2) is 8.99. The zero-order chi connectivity index (χ0) is 23.9. The molecule has 3 heterocycles. The molecule has 174 valence electrons. The van der Waals surface area contributed by atoms with Gasteiger partial charge in [-0.25, -0.2) is 4.52 Å². The highest BCUT2D eigenvalue weighted by molar-refractivity contribution is 7.81. The maximum atomic E-state index is 6.24. The van der Waals surface area contributed by atoms with Crippen LogP contribution in [0.3, 0.4) is 0 Å². The largest absolute Gasteiger partial charge is 0.345 e. The first-order valence-electron chi connectivity index (χ1n) is 11.9. The van der Waals surface area contributed by atoms with Crippen molar-refractivity contribution in [1.82, 2.24) is 14.2 Å². The van der Waals surface area contributed by atoms with Crippen molar-refractivity contribution in [2.75, 3.05) is 5.32 Å². The van der Waals surface area contributed by atoms with Gasteiger partial charge in [-0.2, -0.15) is 0 Å². The molecule has 35 heavy (non-hydrogen) atoms. The standard InChI is InChI=1S/C29H25ClN4S/c1-19-10-12-21(13-11-19)27-32-34-26(28(35)31-23-7-3-2-4-8-23)25(20-14-16-22(30)17-15-20)24-9-5-6-18-33(27)29(24)34/h2-4,7-8,10-17H,5-6,9,18H2,1H3,(H,31,35). The van der Waals surface area contributed by atoms with Crippen LogP contribution in [0.4, 0.5) is 5.69 Å². The van der Waals surface area contributed by atoms with E-state index in [1.165, 1.54) is 11.1 Å². The van der Waals surface area contributed by atoms with E-state index in [0.29, 0.717) is 4.99 Å². The zero-order valence-electron chi connectivity index (χ0n) is 19.5. The molecule has 0 aliphatic carbocycles. The Hall–Kier alpha value is -3.41. The van der Waals surface area contributed by atoms with E-state index in [4.69, 9.17) is 28.9 Å². The summed E-state index contributed by atoms with van der Waals surface area (Å²) >= 11 is 12.3. The van der Waals surface area contributed by atoms with Crippen LogP contribution in [-0.2, 0) is 13.0 Å². The van der Waals surface area contributed by atoms with Crippen LogP contribution in [0.5, 0.6) is 0 Å². The van der Waals surface area contributed by atoms with Gasteiger partial charge in [0, 0.05) is 33.9 Å². The molecule has 2 aromatic heterocycles. The second-order valence-corrected chi connectivity index (χ2v) is 9.91. The Balaban J connectivity index is 1.62. The van der Waals surface area contributed by atoms with Crippen molar-refractivity contribution < 1.29 is 0 Å². The molecule has 0 amide bonds. The minimum atomic E-state index is 0.656. The predicted octanol–water partition coefficient (Wildman–Crippen LogP) is 7.56. The summed E-state index contributed by atoms with van der Waals surface area (Å²) in [5.74, 6) is 0.981. The Morgan fingerprint density at radius 3 is 2.37 bits per heavy atom. The van der Waals surface area contributed by atoms with Crippen molar-refractivity contribution in [1.29, 1.82) is 0 Å². The molecular formula is C29H25ClN4S. The van der Waals surface area contributed by atoms with Crippen molar-refractivity contribution in [3.05, 3.63) is 101 Å². The summed E-state index contributed by atoms with van der Waals surface area (Å²) in [6.07, 6.45) is 3.21. The van der Waals surface area contributed by atoms with Gasteiger partial charge in [-0.15, -0.1) is 5.10 Å². The average molecular weight is 497 g/mol. The van der Waals surface area contributed by atoms with E-state index in [2.05, 4.69) is 57.7 Å². The number of benzene rings is 3. The Labute approximate surface area is 215 Å². The maximum absolute atomic E-state index is 6.24. The fourth-order valence-electron chi connectivity index (χ4n) is 5.00. The van der Waals surface area contributed by atoms with Gasteiger partial charge in [-0.05, 0) is 56.0 Å². The monoisotopic (exact) mass is 496 g/mol. The average Bonchev–Trinajstić information content (AvgIpc) is 3.28. The van der Waals surface area contributed by atoms with Gasteiger partial charge in [0.05, 0.1) is 0 Å². The molecule has 4 nitrogen and oxygen atoms in total. The predicted molar refractivity (Wildman–Crippen MR) is 149 cm³/mol. The Kier molecular flexibility index (Phi) is 5.67. The molecule has 0 saturated heterocycles. The molecule has 0 fully saturated rings. The fraction of sp³-hybridized carbons (Fsp3) is 0.172. The van der Waals surface area contributed by atoms with Gasteiger partial charge in [0.15, 0.2) is 5.82 Å². The molecule has 0 bridgehead atoms. The molecule has 1 N–H and O–H groups in total. The van der Waals surface area contributed by atoms with Gasteiger partial charge in [0.1, 0.15) is 16.3 Å². The van der Waals surface area contributed by atoms with E-state index in [1.807, 2.05) is 42.5 Å². The van der Waals surface area contributed by atoms with Crippen molar-refractivity contribution in [3.63, 3.8) is 0 Å². The van der Waals surface area contributed by atoms with Crippen LogP contribution in [0.15, 0.2) is 78.9 Å². The third-order valence-corrected chi connectivity index (χ3v) is 7.22. The fourth-order valence-corrected chi connectivity index (χ4v) is 5.44. The summed E-state index contributed by atoms with van der Waals surface area (Å²) in [6, 6.07) is 26.7. The number of hydrogen-bond donors (Lipinski definition) is 1. The quantitative estimate of drug-likeness (QED) is 0.261. The third kappa shape index (κ3) is 3.95. The van der Waals surface area contributed by atoms with E-state index in [0.717, 1.165) is 70.4 Å². The van der Waals surface area contributed by atoms with Crippen LogP contribution >= 0.6 is 23.8 Å². The number of halogens is 1. The Morgan fingerprint density at radius 2 is 1.63 bits per heavy atom. The first kappa shape index (κ1) is 22.1. The number of thiocarbonyl (C=S) groups is 1. The number of para-hydroxylation sites is 1. The summed E-state index contributed by atoms with van der Waals surface area (Å²) in [7, 11) is 0. The number of rotatable bonds is 4. The Bertz CT molecular complexity index is 1530. The lowest BCUT2D eigenvalue weighted by Gasteiger charge is -2.12. The molecule has 6 heteroatoms. The summed E-state index contributed by atoms with van der Waals surface area (Å²) in [5.41, 5.74) is 8.91.